The Morgan fingerprint density at radius 2 is 2.00 bits per heavy atom. The topological polar surface area (TPSA) is 103 Å². The van der Waals surface area contributed by atoms with Crippen molar-refractivity contribution in [3.05, 3.63) is 29.3 Å². The van der Waals surface area contributed by atoms with E-state index in [0.717, 1.165) is 17.7 Å². The molecule has 164 valence electrons. The summed E-state index contributed by atoms with van der Waals surface area (Å²) in [6.07, 6.45) is 2.52. The van der Waals surface area contributed by atoms with Crippen molar-refractivity contribution in [2.24, 2.45) is 0 Å². The lowest BCUT2D eigenvalue weighted by molar-refractivity contribution is -0.149. The summed E-state index contributed by atoms with van der Waals surface area (Å²) in [6.45, 7) is 11.1. The molecule has 0 fully saturated rings. The zero-order valence-electron chi connectivity index (χ0n) is 18.3. The van der Waals surface area contributed by atoms with Gasteiger partial charge in [0.25, 0.3) is 5.91 Å². The molecule has 0 radical (unpaired) electrons. The van der Waals surface area contributed by atoms with Gasteiger partial charge in [0.05, 0.1) is 6.61 Å². The smallest absolute Gasteiger partial charge is 0.331 e. The number of carbonyl (C=O) groups excluding carboxylic acids is 3. The van der Waals surface area contributed by atoms with E-state index >= 15 is 0 Å². The highest BCUT2D eigenvalue weighted by Gasteiger charge is 2.23. The zero-order chi connectivity index (χ0) is 22.5. The van der Waals surface area contributed by atoms with E-state index < -0.39 is 29.6 Å². The van der Waals surface area contributed by atoms with Crippen LogP contribution in [0.3, 0.4) is 0 Å². The lowest BCUT2D eigenvalue weighted by atomic mass is 10.1. The van der Waals surface area contributed by atoms with E-state index in [2.05, 4.69) is 10.6 Å². The maximum absolute atomic E-state index is 12.1. The van der Waals surface area contributed by atoms with Gasteiger partial charge in [0.15, 0.2) is 6.10 Å². The van der Waals surface area contributed by atoms with Gasteiger partial charge in [0, 0.05) is 29.2 Å². The fraction of sp³-hybridized carbons (Fsp3) is 0.500. The second-order valence-corrected chi connectivity index (χ2v) is 8.17. The maximum atomic E-state index is 12.1. The number of benzene rings is 1. The largest absolute Gasteiger partial charge is 0.493 e. The molecule has 2 rings (SSSR count). The highest BCUT2D eigenvalue weighted by atomic mass is 16.5. The summed E-state index contributed by atoms with van der Waals surface area (Å²) in [5.41, 5.74) is 1.23. The number of nitrogens with one attached hydrogen (secondary N) is 2. The molecule has 3 amide bonds. The first-order valence-corrected chi connectivity index (χ1v) is 9.96. The SMILES string of the molecule is CCOc1cc2c(cc1/C=C/C(=O)O[C@H](C)C(=O)NC(=O)NC(C)(C)C)O[C@H](C)C2. The van der Waals surface area contributed by atoms with Gasteiger partial charge >= 0.3 is 12.0 Å². The lowest BCUT2D eigenvalue weighted by Crippen LogP contribution is -2.50. The molecule has 1 heterocycles. The van der Waals surface area contributed by atoms with Crippen LogP contribution in [0.15, 0.2) is 18.2 Å². The molecule has 1 aliphatic heterocycles. The van der Waals surface area contributed by atoms with Crippen LogP contribution in [-0.2, 0) is 20.7 Å². The van der Waals surface area contributed by atoms with Crippen LogP contribution < -0.4 is 20.1 Å². The molecular formula is C22H30N2O6. The van der Waals surface area contributed by atoms with Crippen molar-refractivity contribution >= 4 is 24.0 Å². The minimum Gasteiger partial charge on any atom is -0.493 e. The Bertz CT molecular complexity index is 841. The Morgan fingerprint density at radius 1 is 1.30 bits per heavy atom. The van der Waals surface area contributed by atoms with Crippen molar-refractivity contribution in [2.45, 2.75) is 65.7 Å². The first kappa shape index (κ1) is 23.3. The van der Waals surface area contributed by atoms with Crippen molar-refractivity contribution in [1.82, 2.24) is 10.6 Å². The number of urea groups is 1. The average Bonchev–Trinajstić information content (AvgIpc) is 2.97. The summed E-state index contributed by atoms with van der Waals surface area (Å²) in [5.74, 6) is -0.0289. The number of hydrogen-bond acceptors (Lipinski definition) is 6. The Labute approximate surface area is 176 Å². The lowest BCUT2D eigenvalue weighted by Gasteiger charge is -2.21. The third kappa shape index (κ3) is 6.79. The summed E-state index contributed by atoms with van der Waals surface area (Å²) in [4.78, 5) is 35.9. The molecular weight excluding hydrogens is 388 g/mol. The molecule has 1 aliphatic rings. The minimum absolute atomic E-state index is 0.0912. The van der Waals surface area contributed by atoms with E-state index in [-0.39, 0.29) is 6.10 Å². The Hall–Kier alpha value is -3.03. The molecule has 0 aromatic heterocycles. The van der Waals surface area contributed by atoms with Gasteiger partial charge in [0.2, 0.25) is 0 Å². The number of amides is 3. The second-order valence-electron chi connectivity index (χ2n) is 8.17. The van der Waals surface area contributed by atoms with Gasteiger partial charge in [-0.15, -0.1) is 0 Å². The number of rotatable bonds is 6. The van der Waals surface area contributed by atoms with Crippen LogP contribution in [0.1, 0.15) is 52.7 Å². The highest BCUT2D eigenvalue weighted by molar-refractivity contribution is 5.98. The number of carbonyl (C=O) groups is 3. The first-order valence-electron chi connectivity index (χ1n) is 9.96. The predicted molar refractivity (Wildman–Crippen MR) is 112 cm³/mol. The van der Waals surface area contributed by atoms with Crippen LogP contribution in [0.2, 0.25) is 0 Å². The number of ether oxygens (including phenoxy) is 3. The number of fused-ring (bicyclic) bond motifs is 1. The quantitative estimate of drug-likeness (QED) is 0.544. The van der Waals surface area contributed by atoms with Crippen molar-refractivity contribution in [3.8, 4) is 11.5 Å². The number of imide groups is 1. The summed E-state index contributed by atoms with van der Waals surface area (Å²) in [7, 11) is 0. The molecule has 1 aromatic carbocycles. The third-order valence-corrected chi connectivity index (χ3v) is 4.11. The van der Waals surface area contributed by atoms with Gasteiger partial charge < -0.3 is 19.5 Å². The molecule has 2 atom stereocenters. The van der Waals surface area contributed by atoms with Crippen molar-refractivity contribution < 1.29 is 28.6 Å². The normalized spacial score (nSPS) is 16.4. The van der Waals surface area contributed by atoms with Gasteiger partial charge in [-0.3, -0.25) is 10.1 Å². The van der Waals surface area contributed by atoms with Crippen LogP contribution in [0.25, 0.3) is 6.08 Å². The molecule has 8 heteroatoms. The summed E-state index contributed by atoms with van der Waals surface area (Å²) in [5, 5.41) is 4.74. The summed E-state index contributed by atoms with van der Waals surface area (Å²) >= 11 is 0. The molecule has 8 nitrogen and oxygen atoms in total. The summed E-state index contributed by atoms with van der Waals surface area (Å²) < 4.78 is 16.5. The molecule has 0 unspecified atom stereocenters. The van der Waals surface area contributed by atoms with Crippen LogP contribution in [0, 0.1) is 0 Å². The van der Waals surface area contributed by atoms with Gasteiger partial charge in [-0.05, 0) is 59.8 Å². The Kier molecular flexibility index (Phi) is 7.48. The van der Waals surface area contributed by atoms with E-state index in [1.165, 1.54) is 13.0 Å². The second kappa shape index (κ2) is 9.65. The van der Waals surface area contributed by atoms with E-state index in [4.69, 9.17) is 14.2 Å². The van der Waals surface area contributed by atoms with Gasteiger partial charge in [-0.2, -0.15) is 0 Å². The molecule has 0 spiro atoms. The molecule has 0 aliphatic carbocycles. The standard InChI is InChI=1S/C22H30N2O6/c1-7-28-17-12-16-10-13(2)29-18(16)11-15(17)8-9-19(25)30-14(3)20(26)23-21(27)24-22(4,5)6/h8-9,11-14H,7,10H2,1-6H3,(H2,23,24,26,27)/b9-8+/t13-,14-/m1/s1. The highest BCUT2D eigenvalue weighted by Crippen LogP contribution is 2.35. The molecule has 0 saturated carbocycles. The molecule has 1 aromatic rings. The van der Waals surface area contributed by atoms with Gasteiger partial charge in [-0.1, -0.05) is 0 Å². The monoisotopic (exact) mass is 418 g/mol. The number of esters is 1. The Morgan fingerprint density at radius 3 is 2.63 bits per heavy atom. The molecule has 30 heavy (non-hydrogen) atoms. The fourth-order valence-electron chi connectivity index (χ4n) is 2.88. The molecule has 0 bridgehead atoms. The third-order valence-electron chi connectivity index (χ3n) is 4.11. The van der Waals surface area contributed by atoms with E-state index in [9.17, 15) is 14.4 Å². The molecule has 2 N–H and O–H groups in total. The van der Waals surface area contributed by atoms with Crippen LogP contribution in [-0.4, -0.2) is 42.3 Å². The maximum Gasteiger partial charge on any atom is 0.331 e. The van der Waals surface area contributed by atoms with Crippen LogP contribution >= 0.6 is 0 Å². The fourth-order valence-corrected chi connectivity index (χ4v) is 2.88. The van der Waals surface area contributed by atoms with E-state index in [1.54, 1.807) is 26.8 Å². The van der Waals surface area contributed by atoms with Crippen LogP contribution in [0.5, 0.6) is 11.5 Å². The van der Waals surface area contributed by atoms with E-state index in [0.29, 0.717) is 17.9 Å². The van der Waals surface area contributed by atoms with E-state index in [1.807, 2.05) is 26.0 Å². The predicted octanol–water partition coefficient (Wildman–Crippen LogP) is 2.98. The van der Waals surface area contributed by atoms with Crippen molar-refractivity contribution in [3.63, 3.8) is 0 Å². The van der Waals surface area contributed by atoms with Crippen LogP contribution in [0.4, 0.5) is 4.79 Å². The minimum atomic E-state index is -1.14. The van der Waals surface area contributed by atoms with Gasteiger partial charge in [0.1, 0.15) is 17.6 Å². The Balaban J connectivity index is 1.99. The van der Waals surface area contributed by atoms with Gasteiger partial charge in [-0.25, -0.2) is 9.59 Å². The summed E-state index contributed by atoms with van der Waals surface area (Å²) in [6, 6.07) is 3.08. The number of hydrogen-bond donors (Lipinski definition) is 2. The first-order chi connectivity index (χ1) is 14.0. The van der Waals surface area contributed by atoms with Crippen molar-refractivity contribution in [2.75, 3.05) is 6.61 Å². The average molecular weight is 418 g/mol. The molecule has 0 saturated heterocycles. The zero-order valence-corrected chi connectivity index (χ0v) is 18.3. The van der Waals surface area contributed by atoms with Crippen molar-refractivity contribution in [1.29, 1.82) is 0 Å².